The summed E-state index contributed by atoms with van der Waals surface area (Å²) in [5.74, 6) is 0.347. The molecule has 0 atom stereocenters. The van der Waals surface area contributed by atoms with Crippen LogP contribution in [-0.2, 0) is 0 Å². The average molecular weight is 373 g/mol. The Bertz CT molecular complexity index is 604. The number of aromatic nitrogens is 1. The number of pyridine rings is 1. The second-order valence-electron chi connectivity index (χ2n) is 3.54. The predicted molar refractivity (Wildman–Crippen MR) is 82.5 cm³/mol. The van der Waals surface area contributed by atoms with Crippen molar-refractivity contribution in [3.05, 3.63) is 51.5 Å². The van der Waals surface area contributed by atoms with E-state index in [0.29, 0.717) is 10.8 Å². The fourth-order valence-corrected chi connectivity index (χ4v) is 2.12. The first-order valence-corrected chi connectivity index (χ1v) is 6.53. The molecule has 0 saturated heterocycles. The van der Waals surface area contributed by atoms with Crippen LogP contribution in [0.5, 0.6) is 0 Å². The zero-order valence-electron chi connectivity index (χ0n) is 9.15. The number of benzene rings is 1. The van der Waals surface area contributed by atoms with Crippen molar-refractivity contribution in [2.75, 3.05) is 5.32 Å². The van der Waals surface area contributed by atoms with Gasteiger partial charge in [-0.15, -0.1) is 0 Å². The van der Waals surface area contributed by atoms with E-state index in [2.05, 4.69) is 32.9 Å². The summed E-state index contributed by atoms with van der Waals surface area (Å²) in [6.45, 7) is 0. The molecule has 0 radical (unpaired) electrons. The summed E-state index contributed by atoms with van der Waals surface area (Å²) in [6, 6.07) is 7.99. The van der Waals surface area contributed by atoms with Gasteiger partial charge in [0, 0.05) is 15.3 Å². The quantitative estimate of drug-likeness (QED) is 0.641. The molecule has 0 aliphatic carbocycles. The predicted octanol–water partition coefficient (Wildman–Crippen LogP) is 3.20. The molecule has 0 unspecified atom stereocenters. The first kappa shape index (κ1) is 13.2. The molecule has 0 bridgehead atoms. The van der Waals surface area contributed by atoms with Crippen molar-refractivity contribution >= 4 is 51.3 Å². The highest BCUT2D eigenvalue weighted by molar-refractivity contribution is 14.1. The maximum Gasteiger partial charge on any atom is 0.131 e. The second-order valence-corrected chi connectivity index (χ2v) is 5.15. The van der Waals surface area contributed by atoms with Crippen LogP contribution in [0.2, 0.25) is 0 Å². The SMILES string of the molecule is NC(=S)c1ccnc(Nc2ccc(F)cc2I)c1. The fourth-order valence-electron chi connectivity index (χ4n) is 1.38. The number of halogens is 2. The Morgan fingerprint density at radius 3 is 2.78 bits per heavy atom. The van der Waals surface area contributed by atoms with E-state index in [1.807, 2.05) is 0 Å². The van der Waals surface area contributed by atoms with Gasteiger partial charge in [-0.2, -0.15) is 0 Å². The Morgan fingerprint density at radius 1 is 1.33 bits per heavy atom. The number of nitrogens with two attached hydrogens (primary N) is 1. The molecule has 0 aliphatic rings. The normalized spacial score (nSPS) is 10.1. The van der Waals surface area contributed by atoms with Crippen LogP contribution < -0.4 is 11.1 Å². The molecule has 1 heterocycles. The van der Waals surface area contributed by atoms with Crippen molar-refractivity contribution in [2.45, 2.75) is 0 Å². The highest BCUT2D eigenvalue weighted by Gasteiger charge is 2.04. The molecule has 0 fully saturated rings. The summed E-state index contributed by atoms with van der Waals surface area (Å²) in [5, 5.41) is 3.09. The van der Waals surface area contributed by atoms with Gasteiger partial charge in [-0.25, -0.2) is 9.37 Å². The Labute approximate surface area is 123 Å². The van der Waals surface area contributed by atoms with Gasteiger partial charge < -0.3 is 11.1 Å². The lowest BCUT2D eigenvalue weighted by molar-refractivity contribution is 0.627. The molecule has 0 saturated carbocycles. The summed E-state index contributed by atoms with van der Waals surface area (Å²) < 4.78 is 13.7. The minimum atomic E-state index is -0.269. The fraction of sp³-hybridized carbons (Fsp3) is 0. The van der Waals surface area contributed by atoms with Gasteiger partial charge in [-0.1, -0.05) is 12.2 Å². The van der Waals surface area contributed by atoms with Crippen LogP contribution in [0.15, 0.2) is 36.5 Å². The molecule has 0 spiro atoms. The number of rotatable bonds is 3. The molecule has 0 amide bonds. The Morgan fingerprint density at radius 2 is 2.11 bits per heavy atom. The highest BCUT2D eigenvalue weighted by atomic mass is 127. The van der Waals surface area contributed by atoms with E-state index in [9.17, 15) is 4.39 Å². The Kier molecular flexibility index (Phi) is 4.07. The molecule has 6 heteroatoms. The molecule has 2 aromatic rings. The van der Waals surface area contributed by atoms with Crippen LogP contribution in [0.25, 0.3) is 0 Å². The number of hydrogen-bond acceptors (Lipinski definition) is 3. The van der Waals surface area contributed by atoms with Gasteiger partial charge in [0.2, 0.25) is 0 Å². The molecule has 2 rings (SSSR count). The van der Waals surface area contributed by atoms with E-state index in [0.717, 1.165) is 14.8 Å². The minimum absolute atomic E-state index is 0.269. The molecular formula is C12H9FIN3S. The van der Waals surface area contributed by atoms with Gasteiger partial charge in [0.1, 0.15) is 16.6 Å². The lowest BCUT2D eigenvalue weighted by Crippen LogP contribution is -2.10. The van der Waals surface area contributed by atoms with E-state index in [4.69, 9.17) is 18.0 Å². The Balaban J connectivity index is 2.28. The first-order chi connectivity index (χ1) is 8.56. The van der Waals surface area contributed by atoms with Crippen molar-refractivity contribution in [1.29, 1.82) is 0 Å². The van der Waals surface area contributed by atoms with Crippen LogP contribution in [0.3, 0.4) is 0 Å². The van der Waals surface area contributed by atoms with E-state index in [1.165, 1.54) is 12.1 Å². The largest absolute Gasteiger partial charge is 0.389 e. The summed E-state index contributed by atoms with van der Waals surface area (Å²) in [6.07, 6.45) is 1.62. The monoisotopic (exact) mass is 373 g/mol. The second kappa shape index (κ2) is 5.57. The van der Waals surface area contributed by atoms with E-state index >= 15 is 0 Å². The zero-order chi connectivity index (χ0) is 13.1. The molecule has 92 valence electrons. The standard InChI is InChI=1S/C12H9FIN3S/c13-8-1-2-10(9(14)6-8)17-11-5-7(12(15)18)3-4-16-11/h1-6H,(H2,15,18)(H,16,17). The number of anilines is 2. The van der Waals surface area contributed by atoms with Gasteiger partial charge in [-0.05, 0) is 52.9 Å². The summed E-state index contributed by atoms with van der Waals surface area (Å²) in [5.41, 5.74) is 7.07. The summed E-state index contributed by atoms with van der Waals surface area (Å²) in [7, 11) is 0. The molecule has 0 aliphatic heterocycles. The number of nitrogens with zero attached hydrogens (tertiary/aromatic N) is 1. The lowest BCUT2D eigenvalue weighted by Gasteiger charge is -2.08. The van der Waals surface area contributed by atoms with Gasteiger partial charge in [-0.3, -0.25) is 0 Å². The van der Waals surface area contributed by atoms with Gasteiger partial charge >= 0.3 is 0 Å². The smallest absolute Gasteiger partial charge is 0.131 e. The van der Waals surface area contributed by atoms with Crippen molar-refractivity contribution in [3.8, 4) is 0 Å². The number of nitrogens with one attached hydrogen (secondary N) is 1. The number of thiocarbonyl (C=S) groups is 1. The Hall–Kier alpha value is -1.28. The van der Waals surface area contributed by atoms with Crippen molar-refractivity contribution in [1.82, 2.24) is 4.98 Å². The van der Waals surface area contributed by atoms with E-state index in [1.54, 1.807) is 24.4 Å². The van der Waals surface area contributed by atoms with Crippen molar-refractivity contribution in [2.24, 2.45) is 5.73 Å². The van der Waals surface area contributed by atoms with Crippen molar-refractivity contribution < 1.29 is 4.39 Å². The van der Waals surface area contributed by atoms with Gasteiger partial charge in [0.15, 0.2) is 0 Å². The maximum absolute atomic E-state index is 13.0. The van der Waals surface area contributed by atoms with Crippen LogP contribution in [-0.4, -0.2) is 9.97 Å². The topological polar surface area (TPSA) is 50.9 Å². The molecule has 1 aromatic heterocycles. The van der Waals surface area contributed by atoms with E-state index in [-0.39, 0.29) is 5.82 Å². The highest BCUT2D eigenvalue weighted by Crippen LogP contribution is 2.22. The maximum atomic E-state index is 13.0. The minimum Gasteiger partial charge on any atom is -0.389 e. The zero-order valence-corrected chi connectivity index (χ0v) is 12.1. The van der Waals surface area contributed by atoms with Gasteiger partial charge in [0.05, 0.1) is 5.69 Å². The molecule has 3 nitrogen and oxygen atoms in total. The molecule has 18 heavy (non-hydrogen) atoms. The van der Waals surface area contributed by atoms with Crippen LogP contribution in [0.4, 0.5) is 15.9 Å². The summed E-state index contributed by atoms with van der Waals surface area (Å²) in [4.78, 5) is 4.47. The van der Waals surface area contributed by atoms with Crippen LogP contribution in [0.1, 0.15) is 5.56 Å². The average Bonchev–Trinajstić information content (AvgIpc) is 2.33. The third kappa shape index (κ3) is 3.14. The van der Waals surface area contributed by atoms with Crippen molar-refractivity contribution in [3.63, 3.8) is 0 Å². The lowest BCUT2D eigenvalue weighted by atomic mass is 10.2. The third-order valence-corrected chi connectivity index (χ3v) is 3.37. The molecular weight excluding hydrogens is 364 g/mol. The third-order valence-electron chi connectivity index (χ3n) is 2.24. The van der Waals surface area contributed by atoms with Crippen LogP contribution in [0, 0.1) is 9.39 Å². The number of hydrogen-bond donors (Lipinski definition) is 2. The summed E-state index contributed by atoms with van der Waals surface area (Å²) >= 11 is 6.95. The van der Waals surface area contributed by atoms with Gasteiger partial charge in [0.25, 0.3) is 0 Å². The first-order valence-electron chi connectivity index (χ1n) is 5.04. The molecule has 3 N–H and O–H groups in total. The molecule has 1 aromatic carbocycles. The van der Waals surface area contributed by atoms with E-state index < -0.39 is 0 Å². The van der Waals surface area contributed by atoms with Crippen LogP contribution >= 0.6 is 34.8 Å².